The van der Waals surface area contributed by atoms with E-state index in [1.54, 1.807) is 48.8 Å². The van der Waals surface area contributed by atoms with Crippen molar-refractivity contribution in [2.45, 2.75) is 6.92 Å². The minimum atomic E-state index is -0.258. The number of rotatable bonds is 0. The summed E-state index contributed by atoms with van der Waals surface area (Å²) in [7, 11) is 0. The third-order valence-corrected chi connectivity index (χ3v) is 3.35. The molecule has 0 spiro atoms. The number of carbonyl (C=O) groups excluding carboxylic acids is 3. The predicted octanol–water partition coefficient (Wildman–Crippen LogP) is 2.25. The Morgan fingerprint density at radius 2 is 1.45 bits per heavy atom. The highest BCUT2D eigenvalue weighted by molar-refractivity contribution is 6.40. The van der Waals surface area contributed by atoms with Crippen molar-refractivity contribution in [1.82, 2.24) is 4.90 Å². The molecule has 0 aromatic heterocycles. The zero-order valence-electron chi connectivity index (χ0n) is 10.8. The molecule has 0 bridgehead atoms. The SMILES string of the molecule is CC(=O)N1C=CC(=C2C(=O)c3ccccc3C2=O)C=C1. The highest BCUT2D eigenvalue weighted by atomic mass is 16.2. The van der Waals surface area contributed by atoms with Crippen LogP contribution in [0.15, 0.2) is 60.0 Å². The van der Waals surface area contributed by atoms with Gasteiger partial charge in [0.25, 0.3) is 0 Å². The Balaban J connectivity index is 2.06. The summed E-state index contributed by atoms with van der Waals surface area (Å²) in [5.74, 6) is -0.647. The quantitative estimate of drug-likeness (QED) is 0.534. The Bertz CT molecular complexity index is 685. The Morgan fingerprint density at radius 3 is 1.90 bits per heavy atom. The smallest absolute Gasteiger partial charge is 0.227 e. The second-order valence-electron chi connectivity index (χ2n) is 4.59. The lowest BCUT2D eigenvalue weighted by atomic mass is 10.0. The number of Topliss-reactive ketones (excluding diaryl/α,β-unsaturated/α-hetero) is 2. The zero-order chi connectivity index (χ0) is 14.3. The van der Waals surface area contributed by atoms with Crippen LogP contribution in [0.4, 0.5) is 0 Å². The van der Waals surface area contributed by atoms with E-state index in [9.17, 15) is 14.4 Å². The fourth-order valence-corrected chi connectivity index (χ4v) is 2.32. The number of amides is 1. The zero-order valence-corrected chi connectivity index (χ0v) is 10.8. The molecule has 1 aromatic carbocycles. The summed E-state index contributed by atoms with van der Waals surface area (Å²) < 4.78 is 0. The molecule has 0 N–H and O–H groups in total. The third-order valence-electron chi connectivity index (χ3n) is 3.35. The van der Waals surface area contributed by atoms with Gasteiger partial charge in [0, 0.05) is 30.5 Å². The molecule has 98 valence electrons. The minimum Gasteiger partial charge on any atom is -0.295 e. The Kier molecular flexibility index (Phi) is 2.71. The van der Waals surface area contributed by atoms with Gasteiger partial charge in [-0.15, -0.1) is 0 Å². The summed E-state index contributed by atoms with van der Waals surface area (Å²) in [5.41, 5.74) is 1.59. The summed E-state index contributed by atoms with van der Waals surface area (Å²) >= 11 is 0. The van der Waals surface area contributed by atoms with Gasteiger partial charge in [0.15, 0.2) is 11.6 Å². The Hall–Kier alpha value is -2.75. The average molecular weight is 265 g/mol. The highest BCUT2D eigenvalue weighted by Gasteiger charge is 2.34. The molecule has 1 aliphatic heterocycles. The van der Waals surface area contributed by atoms with Crippen molar-refractivity contribution in [3.8, 4) is 0 Å². The second kappa shape index (κ2) is 4.42. The maximum absolute atomic E-state index is 12.3. The molecule has 0 radical (unpaired) electrons. The lowest BCUT2D eigenvalue weighted by Gasteiger charge is -2.15. The lowest BCUT2D eigenvalue weighted by Crippen LogP contribution is -2.18. The van der Waals surface area contributed by atoms with Crippen molar-refractivity contribution >= 4 is 17.5 Å². The average Bonchev–Trinajstić information content (AvgIpc) is 2.72. The van der Waals surface area contributed by atoms with E-state index in [-0.39, 0.29) is 23.0 Å². The van der Waals surface area contributed by atoms with E-state index < -0.39 is 0 Å². The molecule has 1 amide bonds. The Morgan fingerprint density at radius 1 is 0.950 bits per heavy atom. The van der Waals surface area contributed by atoms with Gasteiger partial charge in [-0.1, -0.05) is 24.3 Å². The molecule has 4 nitrogen and oxygen atoms in total. The van der Waals surface area contributed by atoms with Crippen LogP contribution in [-0.2, 0) is 4.79 Å². The third kappa shape index (κ3) is 1.73. The Labute approximate surface area is 115 Å². The maximum Gasteiger partial charge on any atom is 0.227 e. The molecular formula is C16H11NO3. The number of hydrogen-bond acceptors (Lipinski definition) is 3. The fourth-order valence-electron chi connectivity index (χ4n) is 2.32. The first-order chi connectivity index (χ1) is 9.59. The fraction of sp³-hybridized carbons (Fsp3) is 0.0625. The molecule has 4 heteroatoms. The van der Waals surface area contributed by atoms with Gasteiger partial charge >= 0.3 is 0 Å². The minimum absolute atomic E-state index is 0.131. The highest BCUT2D eigenvalue weighted by Crippen LogP contribution is 2.30. The normalized spacial score (nSPS) is 16.9. The second-order valence-corrected chi connectivity index (χ2v) is 4.59. The van der Waals surface area contributed by atoms with Gasteiger partial charge in [-0.05, 0) is 17.7 Å². The van der Waals surface area contributed by atoms with E-state index in [0.717, 1.165) is 0 Å². The summed E-state index contributed by atoms with van der Waals surface area (Å²) in [6, 6.07) is 6.78. The van der Waals surface area contributed by atoms with Crippen molar-refractivity contribution in [2.24, 2.45) is 0 Å². The van der Waals surface area contributed by atoms with Crippen molar-refractivity contribution < 1.29 is 14.4 Å². The molecule has 20 heavy (non-hydrogen) atoms. The van der Waals surface area contributed by atoms with Crippen LogP contribution in [0, 0.1) is 0 Å². The first-order valence-corrected chi connectivity index (χ1v) is 6.17. The van der Waals surface area contributed by atoms with Gasteiger partial charge in [-0.3, -0.25) is 19.3 Å². The molecule has 1 aromatic rings. The van der Waals surface area contributed by atoms with Crippen LogP contribution in [0.1, 0.15) is 27.6 Å². The van der Waals surface area contributed by atoms with Gasteiger partial charge < -0.3 is 0 Å². The molecular weight excluding hydrogens is 254 g/mol. The lowest BCUT2D eigenvalue weighted by molar-refractivity contribution is -0.124. The number of allylic oxidation sites excluding steroid dienone is 4. The van der Waals surface area contributed by atoms with Gasteiger partial charge in [-0.2, -0.15) is 0 Å². The number of nitrogens with zero attached hydrogens (tertiary/aromatic N) is 1. The molecule has 0 unspecified atom stereocenters. The van der Waals surface area contributed by atoms with Gasteiger partial charge in [0.2, 0.25) is 5.91 Å². The molecule has 2 aliphatic rings. The van der Waals surface area contributed by atoms with Crippen LogP contribution in [0.3, 0.4) is 0 Å². The molecule has 0 fully saturated rings. The first-order valence-electron chi connectivity index (χ1n) is 6.17. The van der Waals surface area contributed by atoms with E-state index in [1.807, 2.05) is 0 Å². The van der Waals surface area contributed by atoms with Gasteiger partial charge in [0.05, 0.1) is 5.57 Å². The molecule has 3 rings (SSSR count). The van der Waals surface area contributed by atoms with E-state index in [0.29, 0.717) is 16.7 Å². The van der Waals surface area contributed by atoms with Crippen LogP contribution < -0.4 is 0 Å². The van der Waals surface area contributed by atoms with Crippen molar-refractivity contribution in [2.75, 3.05) is 0 Å². The van der Waals surface area contributed by atoms with Gasteiger partial charge in [-0.25, -0.2) is 0 Å². The molecule has 1 heterocycles. The largest absolute Gasteiger partial charge is 0.295 e. The number of fused-ring (bicyclic) bond motifs is 1. The van der Waals surface area contributed by atoms with Crippen LogP contribution in [0.5, 0.6) is 0 Å². The van der Waals surface area contributed by atoms with Crippen molar-refractivity contribution in [1.29, 1.82) is 0 Å². The van der Waals surface area contributed by atoms with Crippen LogP contribution in [-0.4, -0.2) is 22.4 Å². The van der Waals surface area contributed by atoms with E-state index >= 15 is 0 Å². The summed E-state index contributed by atoms with van der Waals surface area (Å²) in [4.78, 5) is 37.2. The maximum atomic E-state index is 12.3. The van der Waals surface area contributed by atoms with Crippen molar-refractivity contribution in [3.63, 3.8) is 0 Å². The number of hydrogen-bond donors (Lipinski definition) is 0. The van der Waals surface area contributed by atoms with Crippen molar-refractivity contribution in [3.05, 3.63) is 71.1 Å². The number of carbonyl (C=O) groups is 3. The van der Waals surface area contributed by atoms with Gasteiger partial charge in [0.1, 0.15) is 0 Å². The first kappa shape index (κ1) is 12.3. The topological polar surface area (TPSA) is 54.5 Å². The van der Waals surface area contributed by atoms with Crippen LogP contribution in [0.2, 0.25) is 0 Å². The summed E-state index contributed by atoms with van der Waals surface area (Å²) in [5, 5.41) is 0. The predicted molar refractivity (Wildman–Crippen MR) is 72.9 cm³/mol. The summed E-state index contributed by atoms with van der Waals surface area (Å²) in [6.45, 7) is 1.44. The van der Waals surface area contributed by atoms with E-state index in [2.05, 4.69) is 0 Å². The van der Waals surface area contributed by atoms with Crippen LogP contribution >= 0.6 is 0 Å². The number of ketones is 2. The number of benzene rings is 1. The molecule has 1 aliphatic carbocycles. The molecule has 0 saturated carbocycles. The van der Waals surface area contributed by atoms with Crippen LogP contribution in [0.25, 0.3) is 0 Å². The van der Waals surface area contributed by atoms with E-state index in [1.165, 1.54) is 11.8 Å². The molecule has 0 saturated heterocycles. The molecule has 0 atom stereocenters. The standard InChI is InChI=1S/C16H11NO3/c1-10(18)17-8-6-11(7-9-17)14-15(19)12-4-2-3-5-13(12)16(14)20/h2-9H,1H3. The monoisotopic (exact) mass is 265 g/mol. The van der Waals surface area contributed by atoms with E-state index in [4.69, 9.17) is 0 Å². The summed E-state index contributed by atoms with van der Waals surface area (Å²) in [6.07, 6.45) is 6.32.